The maximum atomic E-state index is 6.01. The highest BCUT2D eigenvalue weighted by atomic mass is 16.5. The van der Waals surface area contributed by atoms with Crippen LogP contribution in [-0.2, 0) is 11.3 Å². The Labute approximate surface area is 149 Å². The van der Waals surface area contributed by atoms with Crippen molar-refractivity contribution in [2.45, 2.75) is 26.5 Å². The first-order chi connectivity index (χ1) is 12.2. The molecule has 0 bridgehead atoms. The van der Waals surface area contributed by atoms with Gasteiger partial charge in [-0.2, -0.15) is 0 Å². The Balaban J connectivity index is 1.66. The van der Waals surface area contributed by atoms with Crippen LogP contribution in [0.1, 0.15) is 28.6 Å². The van der Waals surface area contributed by atoms with Crippen LogP contribution >= 0.6 is 0 Å². The standard InChI is InChI=1S/C20H26N4O/c1-15-7-4-5-10-18(15)19-14-24(11-12-25-19)20(21-3)22-13-17-9-6-8-16(2)23-17/h4-10,19H,11-14H2,1-3H3,(H,21,22). The lowest BCUT2D eigenvalue weighted by Gasteiger charge is -2.35. The van der Waals surface area contributed by atoms with Gasteiger partial charge in [-0.15, -0.1) is 0 Å². The lowest BCUT2D eigenvalue weighted by Crippen LogP contribution is -2.48. The number of rotatable bonds is 3. The fraction of sp³-hybridized carbons (Fsp3) is 0.400. The number of nitrogens with zero attached hydrogens (tertiary/aromatic N) is 3. The van der Waals surface area contributed by atoms with Crippen LogP contribution in [0.2, 0.25) is 0 Å². The molecule has 5 nitrogen and oxygen atoms in total. The maximum Gasteiger partial charge on any atom is 0.194 e. The number of pyridine rings is 1. The number of ether oxygens (including phenoxy) is 1. The van der Waals surface area contributed by atoms with Crippen molar-refractivity contribution >= 4 is 5.96 Å². The second kappa shape index (κ2) is 8.12. The maximum absolute atomic E-state index is 6.01. The third kappa shape index (κ3) is 4.37. The first-order valence-corrected chi connectivity index (χ1v) is 8.72. The normalized spacial score (nSPS) is 18.3. The number of aliphatic imine (C=N–C) groups is 1. The highest BCUT2D eigenvalue weighted by Crippen LogP contribution is 2.24. The summed E-state index contributed by atoms with van der Waals surface area (Å²) in [6.07, 6.45) is 0.0746. The zero-order chi connectivity index (χ0) is 17.6. The van der Waals surface area contributed by atoms with E-state index in [0.29, 0.717) is 13.2 Å². The first kappa shape index (κ1) is 17.4. The van der Waals surface area contributed by atoms with E-state index in [1.165, 1.54) is 11.1 Å². The van der Waals surface area contributed by atoms with E-state index < -0.39 is 0 Å². The Hall–Kier alpha value is -2.40. The van der Waals surface area contributed by atoms with Gasteiger partial charge in [0.05, 0.1) is 25.4 Å². The van der Waals surface area contributed by atoms with Crippen molar-refractivity contribution in [1.82, 2.24) is 15.2 Å². The Bertz CT molecular complexity index is 744. The molecule has 1 atom stereocenters. The Morgan fingerprint density at radius 3 is 2.84 bits per heavy atom. The molecule has 25 heavy (non-hydrogen) atoms. The second-order valence-electron chi connectivity index (χ2n) is 6.33. The molecule has 0 amide bonds. The molecule has 2 heterocycles. The summed E-state index contributed by atoms with van der Waals surface area (Å²) in [6.45, 7) is 7.14. The van der Waals surface area contributed by atoms with Crippen LogP contribution in [0.5, 0.6) is 0 Å². The molecule has 1 N–H and O–H groups in total. The number of hydrogen-bond acceptors (Lipinski definition) is 3. The zero-order valence-corrected chi connectivity index (χ0v) is 15.2. The Kier molecular flexibility index (Phi) is 5.66. The lowest BCUT2D eigenvalue weighted by molar-refractivity contribution is -0.00834. The second-order valence-corrected chi connectivity index (χ2v) is 6.33. The number of aromatic nitrogens is 1. The average Bonchev–Trinajstić information content (AvgIpc) is 2.63. The van der Waals surface area contributed by atoms with Crippen molar-refractivity contribution < 1.29 is 4.74 Å². The molecule has 1 unspecified atom stereocenters. The molecule has 5 heteroatoms. The van der Waals surface area contributed by atoms with Crippen LogP contribution in [0.4, 0.5) is 0 Å². The van der Waals surface area contributed by atoms with E-state index >= 15 is 0 Å². The van der Waals surface area contributed by atoms with E-state index in [2.05, 4.69) is 51.4 Å². The fourth-order valence-electron chi connectivity index (χ4n) is 3.18. The van der Waals surface area contributed by atoms with Gasteiger partial charge in [-0.25, -0.2) is 0 Å². The van der Waals surface area contributed by atoms with Gasteiger partial charge in [-0.3, -0.25) is 9.98 Å². The molecular formula is C20H26N4O. The van der Waals surface area contributed by atoms with Crippen LogP contribution in [0.25, 0.3) is 0 Å². The SMILES string of the molecule is CN=C(NCc1cccc(C)n1)N1CCOC(c2ccccc2C)C1. The topological polar surface area (TPSA) is 49.8 Å². The Morgan fingerprint density at radius 2 is 2.08 bits per heavy atom. The van der Waals surface area contributed by atoms with Crippen LogP contribution in [-0.4, -0.2) is 42.6 Å². The molecule has 0 saturated carbocycles. The smallest absolute Gasteiger partial charge is 0.194 e. The van der Waals surface area contributed by atoms with Crippen molar-refractivity contribution in [1.29, 1.82) is 0 Å². The summed E-state index contributed by atoms with van der Waals surface area (Å²) < 4.78 is 6.01. The Morgan fingerprint density at radius 1 is 1.24 bits per heavy atom. The van der Waals surface area contributed by atoms with Gasteiger partial charge in [-0.1, -0.05) is 30.3 Å². The van der Waals surface area contributed by atoms with Crippen molar-refractivity contribution in [2.24, 2.45) is 4.99 Å². The van der Waals surface area contributed by atoms with Gasteiger partial charge >= 0.3 is 0 Å². The zero-order valence-electron chi connectivity index (χ0n) is 15.2. The summed E-state index contributed by atoms with van der Waals surface area (Å²) in [5.74, 6) is 0.894. The number of nitrogens with one attached hydrogen (secondary N) is 1. The van der Waals surface area contributed by atoms with Gasteiger partial charge in [0, 0.05) is 19.3 Å². The molecule has 1 aromatic carbocycles. The number of guanidine groups is 1. The minimum Gasteiger partial charge on any atom is -0.370 e. The molecule has 3 rings (SSSR count). The number of morpholine rings is 1. The van der Waals surface area contributed by atoms with Crippen molar-refractivity contribution in [3.63, 3.8) is 0 Å². The van der Waals surface area contributed by atoms with Gasteiger partial charge in [-0.05, 0) is 37.1 Å². The molecule has 1 aromatic heterocycles. The highest BCUT2D eigenvalue weighted by Gasteiger charge is 2.25. The van der Waals surface area contributed by atoms with E-state index in [-0.39, 0.29) is 6.10 Å². The van der Waals surface area contributed by atoms with Gasteiger partial charge in [0.25, 0.3) is 0 Å². The molecule has 1 fully saturated rings. The molecule has 1 saturated heterocycles. The molecule has 0 aliphatic carbocycles. The van der Waals surface area contributed by atoms with Crippen molar-refractivity contribution in [3.8, 4) is 0 Å². The van der Waals surface area contributed by atoms with E-state index in [0.717, 1.165) is 30.4 Å². The molecule has 1 aliphatic heterocycles. The van der Waals surface area contributed by atoms with Crippen LogP contribution in [0, 0.1) is 13.8 Å². The van der Waals surface area contributed by atoms with E-state index in [9.17, 15) is 0 Å². The quantitative estimate of drug-likeness (QED) is 0.691. The average molecular weight is 338 g/mol. The number of benzene rings is 1. The number of aryl methyl sites for hydroxylation is 2. The van der Waals surface area contributed by atoms with Crippen molar-refractivity contribution in [2.75, 3.05) is 26.7 Å². The van der Waals surface area contributed by atoms with Gasteiger partial charge in [0.15, 0.2) is 5.96 Å². The molecule has 0 spiro atoms. The highest BCUT2D eigenvalue weighted by molar-refractivity contribution is 5.80. The molecule has 2 aromatic rings. The lowest BCUT2D eigenvalue weighted by atomic mass is 10.0. The van der Waals surface area contributed by atoms with E-state index in [1.807, 2.05) is 32.2 Å². The molecule has 132 valence electrons. The molecule has 0 radical (unpaired) electrons. The molecular weight excluding hydrogens is 312 g/mol. The predicted molar refractivity (Wildman–Crippen MR) is 101 cm³/mol. The number of hydrogen-bond donors (Lipinski definition) is 1. The summed E-state index contributed by atoms with van der Waals surface area (Å²) in [5, 5.41) is 3.43. The summed E-state index contributed by atoms with van der Waals surface area (Å²) in [5.41, 5.74) is 4.56. The van der Waals surface area contributed by atoms with Crippen molar-refractivity contribution in [3.05, 3.63) is 65.0 Å². The minimum atomic E-state index is 0.0746. The van der Waals surface area contributed by atoms with E-state index in [4.69, 9.17) is 4.74 Å². The monoisotopic (exact) mass is 338 g/mol. The summed E-state index contributed by atoms with van der Waals surface area (Å²) in [4.78, 5) is 11.2. The van der Waals surface area contributed by atoms with E-state index in [1.54, 1.807) is 0 Å². The van der Waals surface area contributed by atoms with Crippen LogP contribution in [0.15, 0.2) is 47.5 Å². The third-order valence-corrected chi connectivity index (χ3v) is 4.49. The van der Waals surface area contributed by atoms with Gasteiger partial charge in [0.2, 0.25) is 0 Å². The first-order valence-electron chi connectivity index (χ1n) is 8.72. The van der Waals surface area contributed by atoms with Gasteiger partial charge < -0.3 is 15.0 Å². The minimum absolute atomic E-state index is 0.0746. The van der Waals surface area contributed by atoms with Gasteiger partial charge in [0.1, 0.15) is 6.10 Å². The summed E-state index contributed by atoms with van der Waals surface area (Å²) in [7, 11) is 1.82. The fourth-order valence-corrected chi connectivity index (χ4v) is 3.18. The largest absolute Gasteiger partial charge is 0.370 e. The molecule has 1 aliphatic rings. The summed E-state index contributed by atoms with van der Waals surface area (Å²) in [6, 6.07) is 14.5. The predicted octanol–water partition coefficient (Wildman–Crippen LogP) is 2.85. The van der Waals surface area contributed by atoms with Crippen LogP contribution < -0.4 is 5.32 Å². The summed E-state index contributed by atoms with van der Waals surface area (Å²) >= 11 is 0. The van der Waals surface area contributed by atoms with Crippen LogP contribution in [0.3, 0.4) is 0 Å². The third-order valence-electron chi connectivity index (χ3n) is 4.49.